The Morgan fingerprint density at radius 1 is 1.23 bits per heavy atom. The van der Waals surface area contributed by atoms with E-state index in [0.717, 1.165) is 5.56 Å². The Hall–Kier alpha value is -2.47. The smallest absolute Gasteiger partial charge is 0.271 e. The number of amides is 1. The van der Waals surface area contributed by atoms with Gasteiger partial charge in [-0.05, 0) is 25.6 Å². The van der Waals surface area contributed by atoms with Gasteiger partial charge in [-0.2, -0.15) is 5.10 Å². The van der Waals surface area contributed by atoms with Crippen molar-refractivity contribution in [1.82, 2.24) is 20.4 Å². The Morgan fingerprint density at radius 2 is 1.95 bits per heavy atom. The molecule has 1 unspecified atom stereocenters. The molecule has 0 fully saturated rings. The third-order valence-corrected chi connectivity index (χ3v) is 3.34. The maximum Gasteiger partial charge on any atom is 0.271 e. The lowest BCUT2D eigenvalue weighted by Gasteiger charge is -2.11. The van der Waals surface area contributed by atoms with Gasteiger partial charge >= 0.3 is 0 Å². The van der Waals surface area contributed by atoms with E-state index in [1.54, 1.807) is 0 Å². The maximum atomic E-state index is 12.1. The molecule has 1 heterocycles. The molecule has 1 atom stereocenters. The lowest BCUT2D eigenvalue weighted by molar-refractivity contribution is 0.0943. The highest BCUT2D eigenvalue weighted by molar-refractivity contribution is 5.92. The minimum Gasteiger partial charge on any atom is -0.349 e. The zero-order valence-corrected chi connectivity index (χ0v) is 12.7. The molecule has 1 aromatic carbocycles. The van der Waals surface area contributed by atoms with Crippen LogP contribution >= 0.6 is 0 Å². The summed E-state index contributed by atoms with van der Waals surface area (Å²) in [7, 11) is 1.83. The molecule has 0 radical (unpaired) electrons. The molecule has 0 spiro atoms. The fraction of sp³-hybridized carbons (Fsp3) is 0.312. The van der Waals surface area contributed by atoms with E-state index < -0.39 is 0 Å². The Balaban J connectivity index is 2.13. The van der Waals surface area contributed by atoms with E-state index in [-0.39, 0.29) is 23.2 Å². The molecule has 22 heavy (non-hydrogen) atoms. The van der Waals surface area contributed by atoms with Crippen LogP contribution in [0.25, 0.3) is 0 Å². The summed E-state index contributed by atoms with van der Waals surface area (Å²) in [5.41, 5.74) is 0.960. The number of carbonyl (C=O) groups excluding carboxylic acids is 1. The van der Waals surface area contributed by atoms with E-state index >= 15 is 0 Å². The van der Waals surface area contributed by atoms with Crippen LogP contribution in [0, 0.1) is 0 Å². The van der Waals surface area contributed by atoms with Gasteiger partial charge in [-0.25, -0.2) is 4.68 Å². The second-order valence-corrected chi connectivity index (χ2v) is 5.10. The highest BCUT2D eigenvalue weighted by atomic mass is 16.2. The summed E-state index contributed by atoms with van der Waals surface area (Å²) in [6.45, 7) is 2.80. The van der Waals surface area contributed by atoms with Crippen LogP contribution in [-0.2, 0) is 6.54 Å². The molecule has 0 bridgehead atoms. The number of carbonyl (C=O) groups is 1. The average Bonchev–Trinajstić information content (AvgIpc) is 2.55. The van der Waals surface area contributed by atoms with Crippen molar-refractivity contribution in [2.45, 2.75) is 19.5 Å². The van der Waals surface area contributed by atoms with Crippen molar-refractivity contribution in [1.29, 1.82) is 0 Å². The minimum absolute atomic E-state index is 0.166. The Labute approximate surface area is 129 Å². The van der Waals surface area contributed by atoms with Crippen LogP contribution in [0.3, 0.4) is 0 Å². The van der Waals surface area contributed by atoms with Crippen molar-refractivity contribution in [2.24, 2.45) is 0 Å². The Kier molecular flexibility index (Phi) is 5.43. The average molecular weight is 300 g/mol. The van der Waals surface area contributed by atoms with Gasteiger partial charge in [-0.3, -0.25) is 9.59 Å². The van der Waals surface area contributed by atoms with Gasteiger partial charge in [0.1, 0.15) is 5.69 Å². The Bertz CT molecular complexity index is 682. The predicted octanol–water partition coefficient (Wildman–Crippen LogP) is 0.629. The fourth-order valence-electron chi connectivity index (χ4n) is 1.88. The van der Waals surface area contributed by atoms with Gasteiger partial charge < -0.3 is 10.6 Å². The van der Waals surface area contributed by atoms with Crippen LogP contribution in [-0.4, -0.2) is 35.3 Å². The van der Waals surface area contributed by atoms with E-state index in [1.165, 1.54) is 16.8 Å². The van der Waals surface area contributed by atoms with E-state index in [4.69, 9.17) is 0 Å². The standard InChI is InChI=1S/C16H20N4O2/c1-12(17-2)10-18-16(22)14-8-9-15(21)20(19-14)11-13-6-4-3-5-7-13/h3-9,12,17H,10-11H2,1-2H3,(H,18,22). The topological polar surface area (TPSA) is 76.0 Å². The Morgan fingerprint density at radius 3 is 2.64 bits per heavy atom. The third-order valence-electron chi connectivity index (χ3n) is 3.34. The first kappa shape index (κ1) is 15.9. The summed E-state index contributed by atoms with van der Waals surface area (Å²) >= 11 is 0. The third kappa shape index (κ3) is 4.26. The first-order valence-electron chi connectivity index (χ1n) is 7.17. The first-order valence-corrected chi connectivity index (χ1v) is 7.17. The van der Waals surface area contributed by atoms with Crippen LogP contribution in [0.1, 0.15) is 23.0 Å². The van der Waals surface area contributed by atoms with Gasteiger partial charge in [-0.1, -0.05) is 30.3 Å². The van der Waals surface area contributed by atoms with E-state index in [1.807, 2.05) is 44.3 Å². The second kappa shape index (κ2) is 7.51. The van der Waals surface area contributed by atoms with Crippen molar-refractivity contribution < 1.29 is 4.79 Å². The maximum absolute atomic E-state index is 12.1. The molecule has 2 N–H and O–H groups in total. The summed E-state index contributed by atoms with van der Waals surface area (Å²) in [5.74, 6) is -0.288. The molecule has 0 aliphatic carbocycles. The molecule has 6 heteroatoms. The van der Waals surface area contributed by atoms with E-state index in [0.29, 0.717) is 13.1 Å². The van der Waals surface area contributed by atoms with Gasteiger partial charge in [-0.15, -0.1) is 0 Å². The normalized spacial score (nSPS) is 11.9. The number of rotatable bonds is 6. The van der Waals surface area contributed by atoms with Crippen LogP contribution < -0.4 is 16.2 Å². The molecule has 0 saturated heterocycles. The molecule has 0 aliphatic rings. The molecule has 2 rings (SSSR count). The molecular formula is C16H20N4O2. The molecule has 2 aromatic rings. The van der Waals surface area contributed by atoms with Crippen molar-refractivity contribution in [3.05, 3.63) is 64.1 Å². The lowest BCUT2D eigenvalue weighted by Crippen LogP contribution is -2.38. The largest absolute Gasteiger partial charge is 0.349 e. The first-order chi connectivity index (χ1) is 10.6. The number of hydrogen-bond acceptors (Lipinski definition) is 4. The van der Waals surface area contributed by atoms with Gasteiger partial charge in [0.05, 0.1) is 6.54 Å². The van der Waals surface area contributed by atoms with Crippen molar-refractivity contribution in [3.63, 3.8) is 0 Å². The van der Waals surface area contributed by atoms with Crippen molar-refractivity contribution in [3.8, 4) is 0 Å². The molecule has 0 saturated carbocycles. The number of hydrogen-bond donors (Lipinski definition) is 2. The predicted molar refractivity (Wildman–Crippen MR) is 84.9 cm³/mol. The summed E-state index contributed by atoms with van der Waals surface area (Å²) < 4.78 is 1.30. The monoisotopic (exact) mass is 300 g/mol. The summed E-state index contributed by atoms with van der Waals surface area (Å²) in [4.78, 5) is 23.9. The molecule has 116 valence electrons. The van der Waals surface area contributed by atoms with Crippen LogP contribution in [0.15, 0.2) is 47.3 Å². The van der Waals surface area contributed by atoms with Gasteiger partial charge in [0.15, 0.2) is 0 Å². The highest BCUT2D eigenvalue weighted by Gasteiger charge is 2.10. The van der Waals surface area contributed by atoms with Gasteiger partial charge in [0.2, 0.25) is 0 Å². The zero-order chi connectivity index (χ0) is 15.9. The van der Waals surface area contributed by atoms with Crippen molar-refractivity contribution >= 4 is 5.91 Å². The van der Waals surface area contributed by atoms with Crippen molar-refractivity contribution in [2.75, 3.05) is 13.6 Å². The quantitative estimate of drug-likeness (QED) is 0.820. The molecule has 6 nitrogen and oxygen atoms in total. The van der Waals surface area contributed by atoms with Crippen LogP contribution in [0.4, 0.5) is 0 Å². The highest BCUT2D eigenvalue weighted by Crippen LogP contribution is 2.00. The molecular weight excluding hydrogens is 280 g/mol. The molecule has 0 aliphatic heterocycles. The molecule has 1 aromatic heterocycles. The number of aromatic nitrogens is 2. The van der Waals surface area contributed by atoms with Gasteiger partial charge in [0.25, 0.3) is 11.5 Å². The summed E-state index contributed by atoms with van der Waals surface area (Å²) in [5, 5.41) is 9.96. The second-order valence-electron chi connectivity index (χ2n) is 5.10. The molecule has 1 amide bonds. The number of nitrogens with one attached hydrogen (secondary N) is 2. The van der Waals surface area contributed by atoms with E-state index in [9.17, 15) is 9.59 Å². The number of likely N-dealkylation sites (N-methyl/N-ethyl adjacent to an activating group) is 1. The summed E-state index contributed by atoms with van der Waals surface area (Å²) in [6.07, 6.45) is 0. The number of nitrogens with zero attached hydrogens (tertiary/aromatic N) is 2. The van der Waals surface area contributed by atoms with Gasteiger partial charge in [0, 0.05) is 18.7 Å². The zero-order valence-electron chi connectivity index (χ0n) is 12.7. The minimum atomic E-state index is -0.288. The SMILES string of the molecule is CNC(C)CNC(=O)c1ccc(=O)n(Cc2ccccc2)n1. The van der Waals surface area contributed by atoms with E-state index in [2.05, 4.69) is 15.7 Å². The van der Waals surface area contributed by atoms with Crippen LogP contribution in [0.2, 0.25) is 0 Å². The van der Waals surface area contributed by atoms with Crippen LogP contribution in [0.5, 0.6) is 0 Å². The summed E-state index contributed by atoms with van der Waals surface area (Å²) in [6, 6.07) is 12.5. The fourth-order valence-corrected chi connectivity index (χ4v) is 1.88. The lowest BCUT2D eigenvalue weighted by atomic mass is 10.2. The number of benzene rings is 1.